The van der Waals surface area contributed by atoms with E-state index in [4.69, 9.17) is 4.42 Å². The second-order valence-corrected chi connectivity index (χ2v) is 8.37. The van der Waals surface area contributed by atoms with Crippen LogP contribution in [0.15, 0.2) is 102 Å². The molecule has 0 fully saturated rings. The molecule has 0 radical (unpaired) electrons. The van der Waals surface area contributed by atoms with E-state index in [1.54, 1.807) is 23.1 Å². The Morgan fingerprint density at radius 1 is 0.794 bits per heavy atom. The maximum atomic E-state index is 13.6. The van der Waals surface area contributed by atoms with Crippen LogP contribution in [0.4, 0.5) is 5.69 Å². The summed E-state index contributed by atoms with van der Waals surface area (Å²) in [4.78, 5) is 29.9. The summed E-state index contributed by atoms with van der Waals surface area (Å²) in [6.45, 7) is 2.79. The fourth-order valence-electron chi connectivity index (χ4n) is 3.87. The first-order chi connectivity index (χ1) is 16.5. The molecule has 172 valence electrons. The zero-order valence-electron chi connectivity index (χ0n) is 19.5. The number of hydrogen-bond acceptors (Lipinski definition) is 3. The Morgan fingerprint density at radius 3 is 2.26 bits per heavy atom. The van der Waals surface area contributed by atoms with E-state index in [1.165, 1.54) is 0 Å². The molecule has 5 nitrogen and oxygen atoms in total. The number of carbonyl (C=O) groups is 2. The van der Waals surface area contributed by atoms with Crippen LogP contribution in [0, 0.1) is 6.92 Å². The number of amides is 2. The van der Waals surface area contributed by atoms with Crippen molar-refractivity contribution in [3.05, 3.63) is 125 Å². The van der Waals surface area contributed by atoms with Gasteiger partial charge < -0.3 is 14.2 Å². The van der Waals surface area contributed by atoms with Crippen LogP contribution in [0.5, 0.6) is 0 Å². The third-order valence-corrected chi connectivity index (χ3v) is 5.78. The minimum Gasteiger partial charge on any atom is -0.467 e. The van der Waals surface area contributed by atoms with Gasteiger partial charge in [0.25, 0.3) is 5.91 Å². The van der Waals surface area contributed by atoms with E-state index >= 15 is 0 Å². The summed E-state index contributed by atoms with van der Waals surface area (Å²) in [6, 6.07) is 28.8. The molecule has 0 spiro atoms. The van der Waals surface area contributed by atoms with Gasteiger partial charge in [-0.3, -0.25) is 9.59 Å². The molecule has 0 saturated carbocycles. The Morgan fingerprint density at radius 2 is 1.53 bits per heavy atom. The van der Waals surface area contributed by atoms with Crippen molar-refractivity contribution in [2.45, 2.75) is 26.4 Å². The maximum Gasteiger partial charge on any atom is 0.258 e. The highest BCUT2D eigenvalue weighted by atomic mass is 16.3. The molecule has 0 aliphatic rings. The van der Waals surface area contributed by atoms with Crippen molar-refractivity contribution < 1.29 is 14.0 Å². The summed E-state index contributed by atoms with van der Waals surface area (Å²) in [5.74, 6) is 0.649. The van der Waals surface area contributed by atoms with Gasteiger partial charge in [0.15, 0.2) is 0 Å². The van der Waals surface area contributed by atoms with E-state index in [0.717, 1.165) is 28.1 Å². The third kappa shape index (κ3) is 5.62. The lowest BCUT2D eigenvalue weighted by molar-refractivity contribution is -0.129. The van der Waals surface area contributed by atoms with E-state index < -0.39 is 0 Å². The third-order valence-electron chi connectivity index (χ3n) is 5.78. The molecule has 4 rings (SSSR count). The Balaban J connectivity index is 1.59. The molecule has 0 saturated heterocycles. The Labute approximate surface area is 200 Å². The first-order valence-electron chi connectivity index (χ1n) is 11.3. The second-order valence-electron chi connectivity index (χ2n) is 8.37. The van der Waals surface area contributed by atoms with Gasteiger partial charge in [-0.1, -0.05) is 60.7 Å². The number of furan rings is 1. The Kier molecular flexibility index (Phi) is 7.23. The minimum atomic E-state index is -0.0691. The molecular formula is C29H28N2O3. The van der Waals surface area contributed by atoms with Crippen molar-refractivity contribution in [1.29, 1.82) is 0 Å². The number of carbonyl (C=O) groups excluding carboxylic acids is 2. The van der Waals surface area contributed by atoms with Crippen molar-refractivity contribution >= 4 is 17.5 Å². The first-order valence-corrected chi connectivity index (χ1v) is 11.3. The molecule has 1 heterocycles. The van der Waals surface area contributed by atoms with Crippen LogP contribution in [0.1, 0.15) is 32.8 Å². The van der Waals surface area contributed by atoms with E-state index in [2.05, 4.69) is 0 Å². The number of anilines is 1. The molecule has 3 aromatic carbocycles. The Hall–Kier alpha value is -4.12. The van der Waals surface area contributed by atoms with Crippen molar-refractivity contribution in [2.75, 3.05) is 11.9 Å². The summed E-state index contributed by atoms with van der Waals surface area (Å²) in [6.07, 6.45) is 1.84. The largest absolute Gasteiger partial charge is 0.467 e. The van der Waals surface area contributed by atoms with E-state index in [1.807, 2.05) is 97.9 Å². The molecule has 34 heavy (non-hydrogen) atoms. The van der Waals surface area contributed by atoms with Gasteiger partial charge in [0.2, 0.25) is 5.91 Å². The summed E-state index contributed by atoms with van der Waals surface area (Å²) < 4.78 is 5.35. The summed E-state index contributed by atoms with van der Waals surface area (Å²) >= 11 is 0. The molecule has 1 aromatic heterocycles. The number of benzene rings is 3. The van der Waals surface area contributed by atoms with E-state index in [-0.39, 0.29) is 18.2 Å². The average molecular weight is 453 g/mol. The maximum absolute atomic E-state index is 13.6. The van der Waals surface area contributed by atoms with E-state index in [0.29, 0.717) is 18.7 Å². The van der Waals surface area contributed by atoms with Crippen molar-refractivity contribution in [3.8, 4) is 0 Å². The molecule has 5 heteroatoms. The fourth-order valence-corrected chi connectivity index (χ4v) is 3.87. The lowest BCUT2D eigenvalue weighted by atomic mass is 10.1. The quantitative estimate of drug-likeness (QED) is 0.348. The molecule has 0 unspecified atom stereocenters. The smallest absolute Gasteiger partial charge is 0.258 e. The summed E-state index contributed by atoms with van der Waals surface area (Å²) in [5, 5.41) is 0. The minimum absolute atomic E-state index is 0.0200. The van der Waals surface area contributed by atoms with Gasteiger partial charge in [-0.2, -0.15) is 0 Å². The van der Waals surface area contributed by atoms with Crippen LogP contribution in [-0.2, 0) is 24.3 Å². The van der Waals surface area contributed by atoms with Crippen LogP contribution in [0.25, 0.3) is 0 Å². The predicted molar refractivity (Wildman–Crippen MR) is 133 cm³/mol. The predicted octanol–water partition coefficient (Wildman–Crippen LogP) is 5.64. The van der Waals surface area contributed by atoms with Crippen LogP contribution in [0.3, 0.4) is 0 Å². The van der Waals surface area contributed by atoms with Crippen LogP contribution in [-0.4, -0.2) is 23.8 Å². The molecular weight excluding hydrogens is 424 g/mol. The summed E-state index contributed by atoms with van der Waals surface area (Å²) in [7, 11) is 1.76. The molecule has 0 bridgehead atoms. The van der Waals surface area contributed by atoms with Gasteiger partial charge in [0.05, 0.1) is 25.8 Å². The van der Waals surface area contributed by atoms with Crippen LogP contribution >= 0.6 is 0 Å². The molecule has 0 N–H and O–H groups in total. The van der Waals surface area contributed by atoms with Gasteiger partial charge in [-0.15, -0.1) is 0 Å². The second kappa shape index (κ2) is 10.7. The average Bonchev–Trinajstić information content (AvgIpc) is 3.36. The normalized spacial score (nSPS) is 10.6. The first kappa shape index (κ1) is 23.1. The molecule has 0 aliphatic heterocycles. The van der Waals surface area contributed by atoms with Gasteiger partial charge in [0.1, 0.15) is 5.76 Å². The number of aryl methyl sites for hydroxylation is 1. The SMILES string of the molecule is Cc1ccccc1C(=O)N(Cc1ccccc1)c1cccc(CC(=O)N(C)Cc2ccco2)c1. The van der Waals surface area contributed by atoms with Gasteiger partial charge in [-0.05, 0) is 53.9 Å². The van der Waals surface area contributed by atoms with Crippen molar-refractivity contribution in [3.63, 3.8) is 0 Å². The zero-order chi connectivity index (χ0) is 23.9. The van der Waals surface area contributed by atoms with Crippen LogP contribution in [0.2, 0.25) is 0 Å². The topological polar surface area (TPSA) is 53.8 Å². The van der Waals surface area contributed by atoms with Gasteiger partial charge in [0, 0.05) is 18.3 Å². The van der Waals surface area contributed by atoms with Crippen LogP contribution < -0.4 is 4.90 Å². The number of nitrogens with zero attached hydrogens (tertiary/aromatic N) is 2. The summed E-state index contributed by atoms with van der Waals surface area (Å²) in [5.41, 5.74) is 4.24. The highest BCUT2D eigenvalue weighted by Gasteiger charge is 2.21. The number of rotatable bonds is 8. The Bertz CT molecular complexity index is 1250. The highest BCUT2D eigenvalue weighted by Crippen LogP contribution is 2.23. The van der Waals surface area contributed by atoms with Gasteiger partial charge >= 0.3 is 0 Å². The number of likely N-dealkylation sites (N-methyl/N-ethyl adjacent to an activating group) is 1. The molecule has 0 atom stereocenters. The van der Waals surface area contributed by atoms with Gasteiger partial charge in [-0.25, -0.2) is 0 Å². The standard InChI is InChI=1S/C29H28N2O3/c1-22-10-6-7-16-27(22)29(33)31(20-23-11-4-3-5-12-23)25-14-8-13-24(18-25)19-28(32)30(2)21-26-15-9-17-34-26/h3-18H,19-21H2,1-2H3. The number of hydrogen-bond donors (Lipinski definition) is 0. The molecule has 4 aromatic rings. The zero-order valence-corrected chi connectivity index (χ0v) is 19.5. The van der Waals surface area contributed by atoms with Crippen molar-refractivity contribution in [2.24, 2.45) is 0 Å². The monoisotopic (exact) mass is 452 g/mol. The lowest BCUT2D eigenvalue weighted by Crippen LogP contribution is -2.31. The van der Waals surface area contributed by atoms with Crippen molar-refractivity contribution in [1.82, 2.24) is 4.90 Å². The molecule has 0 aliphatic carbocycles. The fraction of sp³-hybridized carbons (Fsp3) is 0.172. The molecule has 2 amide bonds. The lowest BCUT2D eigenvalue weighted by Gasteiger charge is -2.25. The highest BCUT2D eigenvalue weighted by molar-refractivity contribution is 6.07. The van der Waals surface area contributed by atoms with E-state index in [9.17, 15) is 9.59 Å².